The standard InChI is InChI=1S/C9H9ClN2O2/c10-8-3-11-2-1-7(8)9(13)12-6-4-14-5-6/h1-3,6H,4-5H2,(H,12,13). The lowest BCUT2D eigenvalue weighted by Gasteiger charge is -2.26. The summed E-state index contributed by atoms with van der Waals surface area (Å²) in [6, 6.07) is 1.71. The van der Waals surface area contributed by atoms with Crippen LogP contribution in [0.2, 0.25) is 5.02 Å². The third kappa shape index (κ3) is 1.86. The molecule has 1 fully saturated rings. The van der Waals surface area contributed by atoms with Crippen molar-refractivity contribution in [1.82, 2.24) is 10.3 Å². The average Bonchev–Trinajstić information content (AvgIpc) is 2.12. The van der Waals surface area contributed by atoms with Crippen molar-refractivity contribution in [1.29, 1.82) is 0 Å². The maximum atomic E-state index is 11.6. The number of hydrogen-bond donors (Lipinski definition) is 1. The smallest absolute Gasteiger partial charge is 0.253 e. The summed E-state index contributed by atoms with van der Waals surface area (Å²) < 4.78 is 4.94. The Morgan fingerprint density at radius 1 is 1.64 bits per heavy atom. The van der Waals surface area contributed by atoms with Crippen LogP contribution in [0.1, 0.15) is 10.4 Å². The Kier molecular flexibility index (Phi) is 2.65. The van der Waals surface area contributed by atoms with Gasteiger partial charge in [-0.25, -0.2) is 0 Å². The van der Waals surface area contributed by atoms with Gasteiger partial charge in [0.05, 0.1) is 29.8 Å². The molecular formula is C9H9ClN2O2. The Labute approximate surface area is 86.2 Å². The molecule has 2 heterocycles. The lowest BCUT2D eigenvalue weighted by molar-refractivity contribution is -0.00346. The van der Waals surface area contributed by atoms with Gasteiger partial charge in [0, 0.05) is 12.4 Å². The molecule has 0 bridgehead atoms. The van der Waals surface area contributed by atoms with E-state index < -0.39 is 0 Å². The van der Waals surface area contributed by atoms with Gasteiger partial charge < -0.3 is 10.1 Å². The molecule has 0 atom stereocenters. The van der Waals surface area contributed by atoms with Gasteiger partial charge in [0.25, 0.3) is 5.91 Å². The van der Waals surface area contributed by atoms with E-state index >= 15 is 0 Å². The molecule has 0 radical (unpaired) electrons. The average molecular weight is 213 g/mol. The third-order valence-electron chi connectivity index (χ3n) is 1.99. The van der Waals surface area contributed by atoms with Crippen molar-refractivity contribution < 1.29 is 9.53 Å². The molecule has 2 rings (SSSR count). The molecule has 0 saturated carbocycles. The van der Waals surface area contributed by atoms with Crippen LogP contribution in [0, 0.1) is 0 Å². The van der Waals surface area contributed by atoms with E-state index in [2.05, 4.69) is 10.3 Å². The molecular weight excluding hydrogens is 204 g/mol. The summed E-state index contributed by atoms with van der Waals surface area (Å²) in [7, 11) is 0. The lowest BCUT2D eigenvalue weighted by Crippen LogP contribution is -2.48. The molecule has 1 aliphatic heterocycles. The normalized spacial score (nSPS) is 16.1. The first kappa shape index (κ1) is 9.43. The van der Waals surface area contributed by atoms with Crippen LogP contribution in [0.15, 0.2) is 18.5 Å². The zero-order valence-electron chi connectivity index (χ0n) is 7.37. The fourth-order valence-corrected chi connectivity index (χ4v) is 1.35. The third-order valence-corrected chi connectivity index (χ3v) is 2.29. The number of pyridine rings is 1. The van der Waals surface area contributed by atoms with Gasteiger partial charge >= 0.3 is 0 Å². The molecule has 0 aromatic carbocycles. The fourth-order valence-electron chi connectivity index (χ4n) is 1.14. The lowest BCUT2D eigenvalue weighted by atomic mass is 10.2. The van der Waals surface area contributed by atoms with Gasteiger partial charge in [0.15, 0.2) is 0 Å². The summed E-state index contributed by atoms with van der Waals surface area (Å²) in [4.78, 5) is 15.4. The van der Waals surface area contributed by atoms with E-state index in [1.54, 1.807) is 6.07 Å². The number of halogens is 1. The SMILES string of the molecule is O=C(NC1COC1)c1ccncc1Cl. The maximum absolute atomic E-state index is 11.6. The van der Waals surface area contributed by atoms with Crippen molar-refractivity contribution >= 4 is 17.5 Å². The van der Waals surface area contributed by atoms with Crippen molar-refractivity contribution in [3.8, 4) is 0 Å². The first-order chi connectivity index (χ1) is 6.77. The highest BCUT2D eigenvalue weighted by Crippen LogP contribution is 2.13. The molecule has 1 amide bonds. The number of ether oxygens (including phenoxy) is 1. The minimum Gasteiger partial charge on any atom is -0.377 e. The molecule has 4 nitrogen and oxygen atoms in total. The Hall–Kier alpha value is -1.13. The Bertz CT molecular complexity index is 352. The molecule has 1 aromatic heterocycles. The van der Waals surface area contributed by atoms with Gasteiger partial charge in [-0.3, -0.25) is 9.78 Å². The number of nitrogens with zero attached hydrogens (tertiary/aromatic N) is 1. The largest absolute Gasteiger partial charge is 0.377 e. The second kappa shape index (κ2) is 3.94. The summed E-state index contributed by atoms with van der Waals surface area (Å²) in [5, 5.41) is 3.16. The Morgan fingerprint density at radius 3 is 3.00 bits per heavy atom. The predicted molar refractivity (Wildman–Crippen MR) is 51.3 cm³/mol. The van der Waals surface area contributed by atoms with Gasteiger partial charge in [0.2, 0.25) is 0 Å². The second-order valence-corrected chi connectivity index (χ2v) is 3.47. The number of hydrogen-bond acceptors (Lipinski definition) is 3. The zero-order chi connectivity index (χ0) is 9.97. The first-order valence-corrected chi connectivity index (χ1v) is 4.63. The van der Waals surface area contributed by atoms with Crippen LogP contribution in [0.5, 0.6) is 0 Å². The molecule has 0 unspecified atom stereocenters. The van der Waals surface area contributed by atoms with Crippen molar-refractivity contribution in [2.75, 3.05) is 13.2 Å². The van der Waals surface area contributed by atoms with Crippen molar-refractivity contribution in [2.24, 2.45) is 0 Å². The van der Waals surface area contributed by atoms with Crippen LogP contribution in [-0.2, 0) is 4.74 Å². The highest BCUT2D eigenvalue weighted by atomic mass is 35.5. The summed E-state index contributed by atoms with van der Waals surface area (Å²) in [5.41, 5.74) is 0.452. The fraction of sp³-hybridized carbons (Fsp3) is 0.333. The van der Waals surface area contributed by atoms with E-state index in [0.29, 0.717) is 23.8 Å². The minimum absolute atomic E-state index is 0.117. The van der Waals surface area contributed by atoms with Crippen molar-refractivity contribution in [2.45, 2.75) is 6.04 Å². The van der Waals surface area contributed by atoms with Crippen molar-refractivity contribution in [3.05, 3.63) is 29.0 Å². The van der Waals surface area contributed by atoms with Crippen LogP contribution in [-0.4, -0.2) is 30.1 Å². The topological polar surface area (TPSA) is 51.2 Å². The van der Waals surface area contributed by atoms with E-state index in [1.165, 1.54) is 12.4 Å². The van der Waals surface area contributed by atoms with Gasteiger partial charge in [-0.1, -0.05) is 11.6 Å². The van der Waals surface area contributed by atoms with E-state index in [9.17, 15) is 4.79 Å². The van der Waals surface area contributed by atoms with Crippen LogP contribution in [0.4, 0.5) is 0 Å². The van der Waals surface area contributed by atoms with Crippen LogP contribution < -0.4 is 5.32 Å². The van der Waals surface area contributed by atoms with Crippen LogP contribution in [0.3, 0.4) is 0 Å². The summed E-state index contributed by atoms with van der Waals surface area (Å²) in [5.74, 6) is -0.175. The molecule has 0 aliphatic carbocycles. The van der Waals surface area contributed by atoms with Crippen LogP contribution >= 0.6 is 11.6 Å². The Balaban J connectivity index is 2.06. The maximum Gasteiger partial charge on any atom is 0.253 e. The number of carbonyl (C=O) groups excluding carboxylic acids is 1. The quantitative estimate of drug-likeness (QED) is 0.791. The minimum atomic E-state index is -0.175. The number of amides is 1. The van der Waals surface area contributed by atoms with E-state index in [4.69, 9.17) is 16.3 Å². The molecule has 1 aromatic rings. The number of carbonyl (C=O) groups is 1. The molecule has 1 N–H and O–H groups in total. The van der Waals surface area contributed by atoms with Gasteiger partial charge in [-0.15, -0.1) is 0 Å². The second-order valence-electron chi connectivity index (χ2n) is 3.06. The molecule has 5 heteroatoms. The Morgan fingerprint density at radius 2 is 2.43 bits per heavy atom. The summed E-state index contributed by atoms with van der Waals surface area (Å²) >= 11 is 5.81. The number of aromatic nitrogens is 1. The summed E-state index contributed by atoms with van der Waals surface area (Å²) in [6.07, 6.45) is 2.99. The molecule has 0 spiro atoms. The monoisotopic (exact) mass is 212 g/mol. The van der Waals surface area contributed by atoms with Crippen LogP contribution in [0.25, 0.3) is 0 Å². The van der Waals surface area contributed by atoms with Gasteiger partial charge in [-0.05, 0) is 6.07 Å². The van der Waals surface area contributed by atoms with E-state index in [0.717, 1.165) is 0 Å². The first-order valence-electron chi connectivity index (χ1n) is 4.25. The summed E-state index contributed by atoms with van der Waals surface area (Å²) in [6.45, 7) is 1.16. The number of nitrogens with one attached hydrogen (secondary N) is 1. The van der Waals surface area contributed by atoms with Gasteiger partial charge in [0.1, 0.15) is 0 Å². The van der Waals surface area contributed by atoms with Crippen molar-refractivity contribution in [3.63, 3.8) is 0 Å². The van der Waals surface area contributed by atoms with Gasteiger partial charge in [-0.2, -0.15) is 0 Å². The molecule has 14 heavy (non-hydrogen) atoms. The molecule has 74 valence electrons. The highest BCUT2D eigenvalue weighted by Gasteiger charge is 2.21. The molecule has 1 saturated heterocycles. The predicted octanol–water partition coefficient (Wildman–Crippen LogP) is 0.864. The zero-order valence-corrected chi connectivity index (χ0v) is 8.12. The molecule has 1 aliphatic rings. The van der Waals surface area contributed by atoms with E-state index in [-0.39, 0.29) is 11.9 Å². The highest BCUT2D eigenvalue weighted by molar-refractivity contribution is 6.33. The van der Waals surface area contributed by atoms with E-state index in [1.807, 2.05) is 0 Å². The number of rotatable bonds is 2.